The number of thiazole rings is 1. The molecule has 0 aliphatic rings. The van der Waals surface area contributed by atoms with Crippen molar-refractivity contribution in [1.29, 1.82) is 0 Å². The van der Waals surface area contributed by atoms with Crippen molar-refractivity contribution in [3.05, 3.63) is 39.1 Å². The summed E-state index contributed by atoms with van der Waals surface area (Å²) in [6, 6.07) is 8.24. The van der Waals surface area contributed by atoms with Gasteiger partial charge in [0.2, 0.25) is 0 Å². The third kappa shape index (κ3) is 3.88. The molecule has 0 fully saturated rings. The van der Waals surface area contributed by atoms with Gasteiger partial charge < -0.3 is 4.90 Å². The van der Waals surface area contributed by atoms with Crippen LogP contribution < -0.4 is 0 Å². The van der Waals surface area contributed by atoms with Crippen LogP contribution in [-0.4, -0.2) is 29.5 Å². The second kappa shape index (κ2) is 7.17. The molecule has 0 atom stereocenters. The summed E-state index contributed by atoms with van der Waals surface area (Å²) in [5, 5.41) is 3.37. The molecule has 0 saturated carbocycles. The molecule has 102 valence electrons. The van der Waals surface area contributed by atoms with Crippen LogP contribution in [0, 0.1) is 0 Å². The van der Waals surface area contributed by atoms with Crippen molar-refractivity contribution in [1.82, 2.24) is 9.88 Å². The molecule has 19 heavy (non-hydrogen) atoms. The summed E-state index contributed by atoms with van der Waals surface area (Å²) in [4.78, 5) is 7.17. The maximum Gasteiger partial charge on any atom is 0.0945 e. The van der Waals surface area contributed by atoms with E-state index < -0.39 is 0 Å². The standard InChI is InChI=1S/C15H19BrN2S/c1-3-18(4-2)10-9-15-17-14(11-19-15)12-7-5-6-8-13(12)16/h5-8,11H,3-4,9-10H2,1-2H3. The van der Waals surface area contributed by atoms with Gasteiger partial charge in [-0.1, -0.05) is 48.0 Å². The monoisotopic (exact) mass is 338 g/mol. The Morgan fingerprint density at radius 3 is 2.63 bits per heavy atom. The number of nitrogens with zero attached hydrogens (tertiary/aromatic N) is 2. The van der Waals surface area contributed by atoms with Crippen molar-refractivity contribution in [2.75, 3.05) is 19.6 Å². The van der Waals surface area contributed by atoms with E-state index in [0.717, 1.165) is 36.2 Å². The Morgan fingerprint density at radius 2 is 1.95 bits per heavy atom. The Kier molecular flexibility index (Phi) is 5.55. The molecule has 0 aliphatic heterocycles. The van der Waals surface area contributed by atoms with Gasteiger partial charge in [0, 0.05) is 28.4 Å². The van der Waals surface area contributed by atoms with Crippen molar-refractivity contribution in [3.63, 3.8) is 0 Å². The van der Waals surface area contributed by atoms with Crippen LogP contribution in [0.5, 0.6) is 0 Å². The lowest BCUT2D eigenvalue weighted by molar-refractivity contribution is 0.308. The Morgan fingerprint density at radius 1 is 1.21 bits per heavy atom. The topological polar surface area (TPSA) is 16.1 Å². The lowest BCUT2D eigenvalue weighted by Gasteiger charge is -2.16. The predicted octanol–water partition coefficient (Wildman–Crippen LogP) is 4.46. The van der Waals surface area contributed by atoms with Crippen LogP contribution in [0.1, 0.15) is 18.9 Å². The van der Waals surface area contributed by atoms with E-state index in [0.29, 0.717) is 0 Å². The summed E-state index contributed by atoms with van der Waals surface area (Å²) in [6.45, 7) is 7.73. The molecule has 1 aromatic heterocycles. The molecule has 0 saturated heterocycles. The van der Waals surface area contributed by atoms with E-state index in [2.05, 4.69) is 58.3 Å². The van der Waals surface area contributed by atoms with Gasteiger partial charge in [-0.05, 0) is 19.2 Å². The van der Waals surface area contributed by atoms with Crippen molar-refractivity contribution >= 4 is 27.3 Å². The normalized spacial score (nSPS) is 11.2. The number of hydrogen-bond donors (Lipinski definition) is 0. The number of aromatic nitrogens is 1. The van der Waals surface area contributed by atoms with Gasteiger partial charge in [0.25, 0.3) is 0 Å². The van der Waals surface area contributed by atoms with Gasteiger partial charge >= 0.3 is 0 Å². The first kappa shape index (κ1) is 14.7. The molecule has 1 aromatic carbocycles. The van der Waals surface area contributed by atoms with Crippen LogP contribution >= 0.6 is 27.3 Å². The first-order valence-electron chi connectivity index (χ1n) is 6.66. The molecule has 0 N–H and O–H groups in total. The van der Waals surface area contributed by atoms with Gasteiger partial charge in [-0.15, -0.1) is 11.3 Å². The van der Waals surface area contributed by atoms with Crippen molar-refractivity contribution < 1.29 is 0 Å². The zero-order chi connectivity index (χ0) is 13.7. The molecule has 0 aliphatic carbocycles. The van der Waals surface area contributed by atoms with E-state index in [-0.39, 0.29) is 0 Å². The van der Waals surface area contributed by atoms with Crippen molar-refractivity contribution in [2.24, 2.45) is 0 Å². The van der Waals surface area contributed by atoms with Crippen molar-refractivity contribution in [3.8, 4) is 11.3 Å². The van der Waals surface area contributed by atoms with Gasteiger partial charge in [-0.3, -0.25) is 0 Å². The lowest BCUT2D eigenvalue weighted by atomic mass is 10.2. The highest BCUT2D eigenvalue weighted by atomic mass is 79.9. The molecule has 0 unspecified atom stereocenters. The third-order valence-electron chi connectivity index (χ3n) is 3.24. The zero-order valence-electron chi connectivity index (χ0n) is 11.4. The molecule has 0 bridgehead atoms. The molecule has 2 aromatic rings. The second-order valence-electron chi connectivity index (χ2n) is 4.38. The van der Waals surface area contributed by atoms with Crippen LogP contribution in [0.15, 0.2) is 34.1 Å². The summed E-state index contributed by atoms with van der Waals surface area (Å²) in [7, 11) is 0. The van der Waals surface area contributed by atoms with Crippen LogP contribution in [0.2, 0.25) is 0 Å². The maximum atomic E-state index is 4.74. The SMILES string of the molecule is CCN(CC)CCc1nc(-c2ccccc2Br)cs1. The molecule has 0 amide bonds. The van der Waals surface area contributed by atoms with Gasteiger partial charge in [0.05, 0.1) is 10.7 Å². The molecule has 0 radical (unpaired) electrons. The molecule has 2 rings (SSSR count). The Hall–Kier alpha value is -0.710. The van der Waals surface area contributed by atoms with Crippen LogP contribution in [0.4, 0.5) is 0 Å². The Balaban J connectivity index is 2.05. The first-order chi connectivity index (χ1) is 9.24. The summed E-state index contributed by atoms with van der Waals surface area (Å²) >= 11 is 5.34. The van der Waals surface area contributed by atoms with Gasteiger partial charge in [0.15, 0.2) is 0 Å². The zero-order valence-corrected chi connectivity index (χ0v) is 13.8. The van der Waals surface area contributed by atoms with E-state index in [1.165, 1.54) is 10.6 Å². The van der Waals surface area contributed by atoms with Gasteiger partial charge in [-0.2, -0.15) is 0 Å². The van der Waals surface area contributed by atoms with E-state index in [1.807, 2.05) is 6.07 Å². The van der Waals surface area contributed by atoms with Crippen LogP contribution in [0.25, 0.3) is 11.3 Å². The minimum absolute atomic E-state index is 1.04. The smallest absolute Gasteiger partial charge is 0.0945 e. The summed E-state index contributed by atoms with van der Waals surface area (Å²) in [5.74, 6) is 0. The number of rotatable bonds is 6. The molecular formula is C15H19BrN2S. The fraction of sp³-hybridized carbons (Fsp3) is 0.400. The van der Waals surface area contributed by atoms with Gasteiger partial charge in [0.1, 0.15) is 0 Å². The second-order valence-corrected chi connectivity index (χ2v) is 6.18. The number of hydrogen-bond acceptors (Lipinski definition) is 3. The quantitative estimate of drug-likeness (QED) is 0.773. The average Bonchev–Trinajstić information content (AvgIpc) is 2.89. The molecule has 4 heteroatoms. The van der Waals surface area contributed by atoms with Gasteiger partial charge in [-0.25, -0.2) is 4.98 Å². The minimum Gasteiger partial charge on any atom is -0.303 e. The predicted molar refractivity (Wildman–Crippen MR) is 86.7 cm³/mol. The molecule has 2 nitrogen and oxygen atoms in total. The molecule has 0 spiro atoms. The van der Waals surface area contributed by atoms with Crippen molar-refractivity contribution in [2.45, 2.75) is 20.3 Å². The number of halogens is 1. The van der Waals surface area contributed by atoms with Crippen LogP contribution in [0.3, 0.4) is 0 Å². The maximum absolute atomic E-state index is 4.74. The fourth-order valence-electron chi connectivity index (χ4n) is 2.01. The Labute approximate surface area is 127 Å². The summed E-state index contributed by atoms with van der Waals surface area (Å²) in [6.07, 6.45) is 1.04. The highest BCUT2D eigenvalue weighted by Crippen LogP contribution is 2.28. The minimum atomic E-state index is 1.04. The highest BCUT2D eigenvalue weighted by Gasteiger charge is 2.08. The van der Waals surface area contributed by atoms with E-state index in [1.54, 1.807) is 11.3 Å². The van der Waals surface area contributed by atoms with E-state index in [4.69, 9.17) is 4.98 Å². The average molecular weight is 339 g/mol. The van der Waals surface area contributed by atoms with Crippen LogP contribution in [-0.2, 0) is 6.42 Å². The molecular weight excluding hydrogens is 320 g/mol. The molecule has 1 heterocycles. The first-order valence-corrected chi connectivity index (χ1v) is 8.33. The van der Waals surface area contributed by atoms with E-state index >= 15 is 0 Å². The fourth-order valence-corrected chi connectivity index (χ4v) is 3.29. The number of benzene rings is 1. The summed E-state index contributed by atoms with van der Waals surface area (Å²) in [5.41, 5.74) is 2.25. The largest absolute Gasteiger partial charge is 0.303 e. The third-order valence-corrected chi connectivity index (χ3v) is 4.84. The Bertz CT molecular complexity index is 520. The van der Waals surface area contributed by atoms with E-state index in [9.17, 15) is 0 Å². The lowest BCUT2D eigenvalue weighted by Crippen LogP contribution is -2.25. The highest BCUT2D eigenvalue weighted by molar-refractivity contribution is 9.10. The summed E-state index contributed by atoms with van der Waals surface area (Å²) < 4.78 is 1.11. The number of likely N-dealkylation sites (N-methyl/N-ethyl adjacent to an activating group) is 1.